The summed E-state index contributed by atoms with van der Waals surface area (Å²) in [6, 6.07) is 10.2. The molecule has 0 atom stereocenters. The first-order chi connectivity index (χ1) is 9.99. The standard InChI is InChI=1S/C15H12O6/c16-11-6-10(7-12(17)14(11)19)15(20)21-8-13(18)9-4-2-1-3-5-9/h1-7,16-17,19H,8H2. The van der Waals surface area contributed by atoms with Crippen LogP contribution in [0.2, 0.25) is 0 Å². The van der Waals surface area contributed by atoms with Crippen LogP contribution in [0.1, 0.15) is 20.7 Å². The monoisotopic (exact) mass is 288 g/mol. The summed E-state index contributed by atoms with van der Waals surface area (Å²) >= 11 is 0. The molecule has 108 valence electrons. The number of hydrogen-bond donors (Lipinski definition) is 3. The van der Waals surface area contributed by atoms with Gasteiger partial charge in [0.2, 0.25) is 0 Å². The number of Topliss-reactive ketones (excluding diaryl/α,β-unsaturated/α-hetero) is 1. The van der Waals surface area contributed by atoms with E-state index in [2.05, 4.69) is 0 Å². The number of phenolic OH excluding ortho intramolecular Hbond substituents is 3. The van der Waals surface area contributed by atoms with Crippen molar-refractivity contribution in [3.05, 3.63) is 53.6 Å². The van der Waals surface area contributed by atoms with Crippen molar-refractivity contribution < 1.29 is 29.6 Å². The van der Waals surface area contributed by atoms with E-state index in [-0.39, 0.29) is 11.3 Å². The number of benzene rings is 2. The van der Waals surface area contributed by atoms with Gasteiger partial charge in [-0.25, -0.2) is 4.79 Å². The first kappa shape index (κ1) is 14.4. The maximum atomic E-state index is 11.8. The number of aromatic hydroxyl groups is 3. The normalized spacial score (nSPS) is 10.1. The van der Waals surface area contributed by atoms with Crippen LogP contribution in [0.25, 0.3) is 0 Å². The molecule has 2 aromatic rings. The number of ketones is 1. The smallest absolute Gasteiger partial charge is 0.338 e. The van der Waals surface area contributed by atoms with Crippen molar-refractivity contribution in [2.24, 2.45) is 0 Å². The summed E-state index contributed by atoms with van der Waals surface area (Å²) in [5.41, 5.74) is 0.227. The Morgan fingerprint density at radius 2 is 1.48 bits per heavy atom. The van der Waals surface area contributed by atoms with Gasteiger partial charge < -0.3 is 20.1 Å². The topological polar surface area (TPSA) is 104 Å². The van der Waals surface area contributed by atoms with Crippen LogP contribution in [0.4, 0.5) is 0 Å². The van der Waals surface area contributed by atoms with E-state index in [4.69, 9.17) is 4.74 Å². The summed E-state index contributed by atoms with van der Waals surface area (Å²) in [5.74, 6) is -3.32. The molecule has 0 spiro atoms. The fraction of sp³-hybridized carbons (Fsp3) is 0.0667. The number of carbonyl (C=O) groups is 2. The van der Waals surface area contributed by atoms with Gasteiger partial charge in [0.15, 0.2) is 29.6 Å². The lowest BCUT2D eigenvalue weighted by atomic mass is 10.1. The predicted molar refractivity (Wildman–Crippen MR) is 72.5 cm³/mol. The number of ether oxygens (including phenoxy) is 1. The highest BCUT2D eigenvalue weighted by molar-refractivity contribution is 5.99. The summed E-state index contributed by atoms with van der Waals surface area (Å²) in [6.45, 7) is -0.467. The Balaban J connectivity index is 2.04. The summed E-state index contributed by atoms with van der Waals surface area (Å²) in [6.07, 6.45) is 0. The molecular weight excluding hydrogens is 276 g/mol. The van der Waals surface area contributed by atoms with E-state index in [1.54, 1.807) is 30.3 Å². The number of esters is 1. The van der Waals surface area contributed by atoms with Crippen molar-refractivity contribution in [1.29, 1.82) is 0 Å². The number of hydrogen-bond acceptors (Lipinski definition) is 6. The van der Waals surface area contributed by atoms with Gasteiger partial charge in [0.25, 0.3) is 0 Å². The van der Waals surface area contributed by atoms with Gasteiger partial charge in [-0.2, -0.15) is 0 Å². The van der Waals surface area contributed by atoms with E-state index in [1.165, 1.54) is 0 Å². The van der Waals surface area contributed by atoms with Gasteiger partial charge in [0.1, 0.15) is 0 Å². The van der Waals surface area contributed by atoms with Gasteiger partial charge in [-0.1, -0.05) is 30.3 Å². The second-order valence-corrected chi connectivity index (χ2v) is 4.23. The Kier molecular flexibility index (Phi) is 4.08. The minimum atomic E-state index is -0.898. The van der Waals surface area contributed by atoms with E-state index >= 15 is 0 Å². The lowest BCUT2D eigenvalue weighted by Crippen LogP contribution is -2.14. The molecule has 0 unspecified atom stereocenters. The van der Waals surface area contributed by atoms with Crippen LogP contribution in [0.15, 0.2) is 42.5 Å². The SMILES string of the molecule is O=C(COC(=O)c1cc(O)c(O)c(O)c1)c1ccccc1. The molecule has 0 amide bonds. The third-order valence-electron chi connectivity index (χ3n) is 2.74. The molecule has 21 heavy (non-hydrogen) atoms. The maximum absolute atomic E-state index is 11.8. The Morgan fingerprint density at radius 1 is 0.905 bits per heavy atom. The molecule has 0 radical (unpaired) electrons. The lowest BCUT2D eigenvalue weighted by molar-refractivity contribution is 0.0474. The van der Waals surface area contributed by atoms with Gasteiger partial charge in [-0.3, -0.25) is 4.79 Å². The van der Waals surface area contributed by atoms with Crippen molar-refractivity contribution in [2.75, 3.05) is 6.61 Å². The third kappa shape index (κ3) is 3.30. The molecule has 0 saturated carbocycles. The third-order valence-corrected chi connectivity index (χ3v) is 2.74. The van der Waals surface area contributed by atoms with Crippen molar-refractivity contribution in [2.45, 2.75) is 0 Å². The van der Waals surface area contributed by atoms with E-state index in [0.29, 0.717) is 5.56 Å². The average molecular weight is 288 g/mol. The van der Waals surface area contributed by atoms with E-state index < -0.39 is 29.8 Å². The van der Waals surface area contributed by atoms with E-state index in [9.17, 15) is 24.9 Å². The molecule has 2 rings (SSSR count). The largest absolute Gasteiger partial charge is 0.504 e. The Bertz CT molecular complexity index is 655. The zero-order valence-electron chi connectivity index (χ0n) is 10.8. The van der Waals surface area contributed by atoms with Crippen LogP contribution in [-0.4, -0.2) is 33.7 Å². The second-order valence-electron chi connectivity index (χ2n) is 4.23. The highest BCUT2D eigenvalue weighted by Gasteiger charge is 2.16. The molecule has 6 nitrogen and oxygen atoms in total. The summed E-state index contributed by atoms with van der Waals surface area (Å²) in [4.78, 5) is 23.5. The molecule has 0 aromatic heterocycles. The Hall–Kier alpha value is -3.02. The highest BCUT2D eigenvalue weighted by Crippen LogP contribution is 2.35. The molecule has 0 bridgehead atoms. The number of phenols is 3. The van der Waals surface area contributed by atoms with Gasteiger partial charge in [0, 0.05) is 5.56 Å². The van der Waals surface area contributed by atoms with Crippen LogP contribution < -0.4 is 0 Å². The van der Waals surface area contributed by atoms with Crippen LogP contribution in [0, 0.1) is 0 Å². The van der Waals surface area contributed by atoms with Gasteiger partial charge >= 0.3 is 5.97 Å². The van der Waals surface area contributed by atoms with Crippen molar-refractivity contribution in [3.63, 3.8) is 0 Å². The molecular formula is C15H12O6. The minimum Gasteiger partial charge on any atom is -0.504 e. The van der Waals surface area contributed by atoms with Crippen LogP contribution in [-0.2, 0) is 4.74 Å². The van der Waals surface area contributed by atoms with Crippen LogP contribution in [0.3, 0.4) is 0 Å². The Morgan fingerprint density at radius 3 is 2.05 bits per heavy atom. The number of carbonyl (C=O) groups excluding carboxylic acids is 2. The molecule has 0 fully saturated rings. The molecule has 0 aliphatic heterocycles. The van der Waals surface area contributed by atoms with Crippen molar-refractivity contribution in [1.82, 2.24) is 0 Å². The average Bonchev–Trinajstić information content (AvgIpc) is 2.50. The summed E-state index contributed by atoms with van der Waals surface area (Å²) in [5, 5.41) is 27.8. The molecule has 2 aromatic carbocycles. The van der Waals surface area contributed by atoms with Gasteiger partial charge in [-0.05, 0) is 12.1 Å². The second kappa shape index (κ2) is 5.96. The Labute approximate surface area is 119 Å². The van der Waals surface area contributed by atoms with Crippen molar-refractivity contribution >= 4 is 11.8 Å². The molecule has 0 heterocycles. The van der Waals surface area contributed by atoms with Gasteiger partial charge in [0.05, 0.1) is 5.56 Å². The first-order valence-corrected chi connectivity index (χ1v) is 5.99. The highest BCUT2D eigenvalue weighted by atomic mass is 16.5. The lowest BCUT2D eigenvalue weighted by Gasteiger charge is -2.06. The zero-order valence-corrected chi connectivity index (χ0v) is 10.8. The zero-order chi connectivity index (χ0) is 15.4. The van der Waals surface area contributed by atoms with Crippen LogP contribution in [0.5, 0.6) is 17.2 Å². The molecule has 0 saturated heterocycles. The molecule has 3 N–H and O–H groups in total. The molecule has 6 heteroatoms. The quantitative estimate of drug-likeness (QED) is 0.450. The number of rotatable bonds is 4. The fourth-order valence-corrected chi connectivity index (χ4v) is 1.64. The van der Waals surface area contributed by atoms with Crippen LogP contribution >= 0.6 is 0 Å². The first-order valence-electron chi connectivity index (χ1n) is 5.99. The minimum absolute atomic E-state index is 0.177. The molecule has 0 aliphatic carbocycles. The maximum Gasteiger partial charge on any atom is 0.338 e. The summed E-state index contributed by atoms with van der Waals surface area (Å²) in [7, 11) is 0. The fourth-order valence-electron chi connectivity index (χ4n) is 1.64. The molecule has 0 aliphatic rings. The van der Waals surface area contributed by atoms with Crippen molar-refractivity contribution in [3.8, 4) is 17.2 Å². The van der Waals surface area contributed by atoms with E-state index in [0.717, 1.165) is 12.1 Å². The van der Waals surface area contributed by atoms with E-state index in [1.807, 2.05) is 0 Å². The van der Waals surface area contributed by atoms with Gasteiger partial charge in [-0.15, -0.1) is 0 Å². The summed E-state index contributed by atoms with van der Waals surface area (Å²) < 4.78 is 4.80. The predicted octanol–water partition coefficient (Wildman–Crippen LogP) is 1.84.